The number of aryl methyl sites for hydroxylation is 2. The van der Waals surface area contributed by atoms with Gasteiger partial charge in [0.05, 0.1) is 44.2 Å². The lowest BCUT2D eigenvalue weighted by atomic mass is 9.95. The predicted octanol–water partition coefficient (Wildman–Crippen LogP) is 3.52. The fourth-order valence-corrected chi connectivity index (χ4v) is 7.48. The molecule has 1 aliphatic carbocycles. The van der Waals surface area contributed by atoms with E-state index in [4.69, 9.17) is 4.74 Å². The van der Waals surface area contributed by atoms with Crippen molar-refractivity contribution in [1.29, 1.82) is 0 Å². The Hall–Kier alpha value is -4.92. The highest BCUT2D eigenvalue weighted by molar-refractivity contribution is 5.73. The summed E-state index contributed by atoms with van der Waals surface area (Å²) in [7, 11) is 1.64. The van der Waals surface area contributed by atoms with Crippen LogP contribution in [0.3, 0.4) is 0 Å². The van der Waals surface area contributed by atoms with Crippen LogP contribution in [0.4, 0.5) is 26.0 Å². The molecule has 8 rings (SSSR count). The minimum Gasteiger partial charge on any atom is -0.392 e. The molecule has 0 aromatic carbocycles. The maximum absolute atomic E-state index is 14.2. The first-order valence-electron chi connectivity index (χ1n) is 16.8. The fraction of sp³-hybridized carbons (Fsp3) is 0.389. The molecule has 1 atom stereocenters. The van der Waals surface area contributed by atoms with Crippen molar-refractivity contribution >= 4 is 22.7 Å². The Morgan fingerprint density at radius 1 is 1.08 bits per heavy atom. The summed E-state index contributed by atoms with van der Waals surface area (Å²) in [5, 5.41) is 13.8. The second kappa shape index (κ2) is 12.4. The number of halogens is 2. The average molecular weight is 685 g/mol. The van der Waals surface area contributed by atoms with Gasteiger partial charge in [-0.2, -0.15) is 0 Å². The molecule has 2 aliphatic heterocycles. The van der Waals surface area contributed by atoms with E-state index in [0.29, 0.717) is 40.3 Å². The average Bonchev–Trinajstić information content (AvgIpc) is 3.44. The van der Waals surface area contributed by atoms with E-state index in [0.717, 1.165) is 44.1 Å². The Balaban J connectivity index is 1.08. The molecule has 2 saturated heterocycles. The Bertz CT molecular complexity index is 2210. The van der Waals surface area contributed by atoms with Gasteiger partial charge in [-0.15, -0.1) is 0 Å². The van der Waals surface area contributed by atoms with Gasteiger partial charge in [-0.05, 0) is 54.8 Å². The molecule has 7 heterocycles. The third-order valence-corrected chi connectivity index (χ3v) is 10.3. The van der Waals surface area contributed by atoms with Crippen LogP contribution in [0.25, 0.3) is 22.5 Å². The maximum Gasteiger partial charge on any atom is 0.280 e. The summed E-state index contributed by atoms with van der Waals surface area (Å²) < 4.78 is 38.1. The van der Waals surface area contributed by atoms with Gasteiger partial charge in [-0.1, -0.05) is 0 Å². The summed E-state index contributed by atoms with van der Waals surface area (Å²) in [6.07, 6.45) is 7.59. The molecule has 12 nitrogen and oxygen atoms in total. The van der Waals surface area contributed by atoms with Crippen LogP contribution < -0.4 is 21.3 Å². The number of anilines is 3. The molecule has 0 radical (unpaired) electrons. The van der Waals surface area contributed by atoms with Gasteiger partial charge >= 0.3 is 0 Å². The molecule has 2 N–H and O–H groups in total. The van der Waals surface area contributed by atoms with E-state index < -0.39 is 24.5 Å². The van der Waals surface area contributed by atoms with Gasteiger partial charge in [0.25, 0.3) is 17.0 Å². The lowest BCUT2D eigenvalue weighted by Crippen LogP contribution is -2.59. The van der Waals surface area contributed by atoms with Crippen LogP contribution in [0.5, 0.6) is 0 Å². The molecule has 50 heavy (non-hydrogen) atoms. The summed E-state index contributed by atoms with van der Waals surface area (Å²) in [6, 6.07) is 9.76. The minimum atomic E-state index is -2.82. The fourth-order valence-electron chi connectivity index (χ4n) is 7.48. The highest BCUT2D eigenvalue weighted by atomic mass is 19.3. The minimum absolute atomic E-state index is 0.190. The number of ether oxygens (including phenoxy) is 1. The first-order valence-corrected chi connectivity index (χ1v) is 16.8. The van der Waals surface area contributed by atoms with E-state index in [1.54, 1.807) is 37.6 Å². The van der Waals surface area contributed by atoms with Crippen LogP contribution >= 0.6 is 0 Å². The van der Waals surface area contributed by atoms with Crippen molar-refractivity contribution in [1.82, 2.24) is 28.4 Å². The summed E-state index contributed by atoms with van der Waals surface area (Å²) in [6.45, 7) is 6.19. The zero-order valence-corrected chi connectivity index (χ0v) is 27.9. The molecule has 0 bridgehead atoms. The predicted molar refractivity (Wildman–Crippen MR) is 185 cm³/mol. The van der Waals surface area contributed by atoms with Gasteiger partial charge in [0.15, 0.2) is 0 Å². The molecule has 3 aliphatic rings. The van der Waals surface area contributed by atoms with Crippen LogP contribution in [0.2, 0.25) is 0 Å². The van der Waals surface area contributed by atoms with E-state index in [9.17, 15) is 23.5 Å². The van der Waals surface area contributed by atoms with Crippen molar-refractivity contribution in [2.45, 2.75) is 50.8 Å². The van der Waals surface area contributed by atoms with Crippen molar-refractivity contribution in [3.8, 4) is 16.9 Å². The number of aliphatic hydroxyl groups excluding tert-OH is 1. The van der Waals surface area contributed by atoms with Gasteiger partial charge in [0.1, 0.15) is 22.8 Å². The lowest BCUT2D eigenvalue weighted by Gasteiger charge is -2.46. The first-order chi connectivity index (χ1) is 24.1. The van der Waals surface area contributed by atoms with Crippen LogP contribution in [0, 0.1) is 0 Å². The number of piperazine rings is 1. The van der Waals surface area contributed by atoms with Crippen LogP contribution in [0.15, 0.2) is 70.9 Å². The Kier molecular flexibility index (Phi) is 8.04. The highest BCUT2D eigenvalue weighted by Crippen LogP contribution is 2.35. The summed E-state index contributed by atoms with van der Waals surface area (Å²) in [5.41, 5.74) is 3.57. The van der Waals surface area contributed by atoms with Gasteiger partial charge in [-0.25, -0.2) is 18.7 Å². The number of aromatic nitrogens is 5. The van der Waals surface area contributed by atoms with Crippen LogP contribution in [-0.4, -0.2) is 84.4 Å². The summed E-state index contributed by atoms with van der Waals surface area (Å²) in [4.78, 5) is 40.9. The summed E-state index contributed by atoms with van der Waals surface area (Å²) >= 11 is 0. The lowest BCUT2D eigenvalue weighted by molar-refractivity contribution is -0.0691. The third kappa shape index (κ3) is 5.66. The van der Waals surface area contributed by atoms with Crippen LogP contribution in [-0.2, 0) is 31.2 Å². The molecule has 14 heteroatoms. The Morgan fingerprint density at radius 2 is 1.92 bits per heavy atom. The van der Waals surface area contributed by atoms with E-state index in [-0.39, 0.29) is 35.4 Å². The molecule has 0 amide bonds. The Labute approximate surface area is 286 Å². The zero-order chi connectivity index (χ0) is 34.7. The highest BCUT2D eigenvalue weighted by Gasteiger charge is 2.36. The van der Waals surface area contributed by atoms with Gasteiger partial charge < -0.3 is 29.0 Å². The largest absolute Gasteiger partial charge is 0.392 e. The number of pyridine rings is 3. The van der Waals surface area contributed by atoms with E-state index >= 15 is 0 Å². The van der Waals surface area contributed by atoms with E-state index in [1.165, 1.54) is 25.9 Å². The number of aliphatic hydroxyl groups is 1. The van der Waals surface area contributed by atoms with Crippen molar-refractivity contribution in [2.75, 3.05) is 43.1 Å². The quantitative estimate of drug-likeness (QED) is 0.265. The molecular weight excluding hydrogens is 646 g/mol. The third-order valence-electron chi connectivity index (χ3n) is 10.3. The molecule has 260 valence electrons. The van der Waals surface area contributed by atoms with E-state index in [1.807, 2.05) is 18.3 Å². The molecule has 5 aromatic rings. The number of hydrogen-bond acceptors (Lipinski definition) is 9. The van der Waals surface area contributed by atoms with Crippen molar-refractivity contribution in [2.24, 2.45) is 7.05 Å². The van der Waals surface area contributed by atoms with Gasteiger partial charge in [0.2, 0.25) is 0 Å². The number of fused-ring (bicyclic) bond motifs is 3. The normalized spacial score (nSPS) is 19.4. The van der Waals surface area contributed by atoms with Crippen molar-refractivity contribution in [3.63, 3.8) is 0 Å². The second-order valence-corrected chi connectivity index (χ2v) is 13.5. The molecule has 0 saturated carbocycles. The number of alkyl halides is 2. The number of nitrogens with zero attached hydrogens (tertiary/aromatic N) is 7. The monoisotopic (exact) mass is 684 g/mol. The van der Waals surface area contributed by atoms with Crippen LogP contribution in [0.1, 0.15) is 30.2 Å². The number of hydrogen-bond donors (Lipinski definition) is 2. The topological polar surface area (TPSA) is 122 Å². The molecule has 0 unspecified atom stereocenters. The molecule has 2 fully saturated rings. The second-order valence-electron chi connectivity index (χ2n) is 13.5. The van der Waals surface area contributed by atoms with Crippen molar-refractivity contribution < 1.29 is 18.6 Å². The van der Waals surface area contributed by atoms with Gasteiger partial charge in [0, 0.05) is 80.8 Å². The number of rotatable bonds is 7. The van der Waals surface area contributed by atoms with Crippen molar-refractivity contribution in [3.05, 3.63) is 98.8 Å². The maximum atomic E-state index is 14.2. The smallest absolute Gasteiger partial charge is 0.280 e. The number of nitrogens with one attached hydrogen (secondary N) is 1. The zero-order valence-electron chi connectivity index (χ0n) is 27.9. The molecule has 5 aromatic heterocycles. The standard InChI is InChI=1S/C36H38F2N8O4/c1-22-17-43(26-20-50-21-26)9-10-44(22)25-3-4-32(40-16-25)41-29-13-24(18-42(2)34(29)48)27-6-8-39-33(28(27)19-47)46-12-11-45-30(35(46)49)14-23-5-7-36(37,38)15-31(23)45/h3-4,6,8,11-14,16,18,22,26,47H,5,7,9-10,15,17,19-21H2,1-2H3,(H,40,41)/t22-/m0/s1. The summed E-state index contributed by atoms with van der Waals surface area (Å²) in [5.74, 6) is -2.11. The Morgan fingerprint density at radius 3 is 2.64 bits per heavy atom. The molecular formula is C36H38F2N8O4. The SMILES string of the molecule is C[C@H]1CN(C2COC2)CCN1c1ccc(Nc2cc(-c3ccnc(-n4ccn5c6c(cc5c4=O)CCC(F)(F)C6)c3CO)cn(C)c2=O)nc1. The first kappa shape index (κ1) is 32.3. The van der Waals surface area contributed by atoms with Gasteiger partial charge in [-0.3, -0.25) is 19.1 Å². The molecule has 0 spiro atoms. The van der Waals surface area contributed by atoms with E-state index in [2.05, 4.69) is 32.0 Å².